The molecule has 0 saturated carbocycles. The van der Waals surface area contributed by atoms with Gasteiger partial charge in [-0.25, -0.2) is 0 Å². The maximum absolute atomic E-state index is 12.5. The van der Waals surface area contributed by atoms with E-state index in [-0.39, 0.29) is 36.8 Å². The van der Waals surface area contributed by atoms with Crippen molar-refractivity contribution in [3.8, 4) is 0 Å². The molecule has 0 aliphatic carbocycles. The molecule has 2 aliphatic rings. The number of nitrogens with zero attached hydrogens (tertiary/aromatic N) is 1. The van der Waals surface area contributed by atoms with E-state index in [1.54, 1.807) is 0 Å². The summed E-state index contributed by atoms with van der Waals surface area (Å²) in [5, 5.41) is 4.44. The van der Waals surface area contributed by atoms with Crippen LogP contribution >= 0.6 is 23.1 Å². The van der Waals surface area contributed by atoms with Crippen LogP contribution in [-0.2, 0) is 35.1 Å². The lowest BCUT2D eigenvalue weighted by Gasteiger charge is -2.53. The monoisotopic (exact) mass is 412 g/mol. The second-order valence-electron chi connectivity index (χ2n) is 6.52. The predicted octanol–water partition coefficient (Wildman–Crippen LogP) is 0.413. The van der Waals surface area contributed by atoms with Gasteiger partial charge in [-0.3, -0.25) is 19.2 Å². The van der Waals surface area contributed by atoms with Crippen LogP contribution in [0.3, 0.4) is 0 Å². The molecule has 2 amide bonds. The molecule has 2 aliphatic heterocycles. The lowest BCUT2D eigenvalue weighted by Crippen LogP contribution is -2.74. The average molecular weight is 412 g/mol. The highest BCUT2D eigenvalue weighted by molar-refractivity contribution is 8.00. The van der Waals surface area contributed by atoms with E-state index in [0.717, 1.165) is 4.88 Å². The number of hydrogen-bond donors (Lipinski definition) is 1. The number of hydrogen-bond acceptors (Lipinski definition) is 8. The molecule has 2 saturated heterocycles. The molecule has 2 unspecified atom stereocenters. The number of rotatable bonds is 6. The molecule has 3 atom stereocenters. The van der Waals surface area contributed by atoms with E-state index in [9.17, 15) is 19.2 Å². The summed E-state index contributed by atoms with van der Waals surface area (Å²) in [5.74, 6) is -1.14. The van der Waals surface area contributed by atoms with Crippen molar-refractivity contribution in [2.24, 2.45) is 5.41 Å². The van der Waals surface area contributed by atoms with Crippen molar-refractivity contribution in [2.75, 3.05) is 26.0 Å². The summed E-state index contributed by atoms with van der Waals surface area (Å²) in [6.45, 7) is 1.21. The Labute approximate surface area is 164 Å². The minimum atomic E-state index is -1.09. The zero-order chi connectivity index (χ0) is 19.6. The number of nitrogens with one attached hydrogen (secondary N) is 1. The highest BCUT2D eigenvalue weighted by Crippen LogP contribution is 2.42. The maximum atomic E-state index is 12.5. The van der Waals surface area contributed by atoms with Gasteiger partial charge in [-0.1, -0.05) is 6.07 Å². The second kappa shape index (κ2) is 7.89. The van der Waals surface area contributed by atoms with Crippen LogP contribution in [0.25, 0.3) is 0 Å². The van der Waals surface area contributed by atoms with Crippen LogP contribution in [0.2, 0.25) is 0 Å². The Morgan fingerprint density at radius 3 is 2.81 bits per heavy atom. The van der Waals surface area contributed by atoms with E-state index >= 15 is 0 Å². The largest absolute Gasteiger partial charge is 0.468 e. The number of β-lactam (4-membered cyclic amide) rings is 1. The van der Waals surface area contributed by atoms with E-state index in [4.69, 9.17) is 9.47 Å². The molecule has 1 aromatic heterocycles. The van der Waals surface area contributed by atoms with Crippen LogP contribution in [0.5, 0.6) is 0 Å². The van der Waals surface area contributed by atoms with Crippen LogP contribution in [0.15, 0.2) is 17.5 Å². The molecule has 3 heterocycles. The molecule has 2 fully saturated rings. The van der Waals surface area contributed by atoms with Gasteiger partial charge >= 0.3 is 11.9 Å². The summed E-state index contributed by atoms with van der Waals surface area (Å²) in [4.78, 5) is 50.6. The van der Waals surface area contributed by atoms with Crippen molar-refractivity contribution in [1.29, 1.82) is 0 Å². The summed E-state index contributed by atoms with van der Waals surface area (Å²) >= 11 is 2.86. The molecule has 0 bridgehead atoms. The van der Waals surface area contributed by atoms with Gasteiger partial charge < -0.3 is 19.7 Å². The molecule has 0 spiro atoms. The Kier molecular flexibility index (Phi) is 5.75. The van der Waals surface area contributed by atoms with Gasteiger partial charge in [0.25, 0.3) is 0 Å². The van der Waals surface area contributed by atoms with Crippen LogP contribution in [0, 0.1) is 5.41 Å². The summed E-state index contributed by atoms with van der Waals surface area (Å²) in [6, 6.07) is 3.14. The minimum Gasteiger partial charge on any atom is -0.468 e. The number of fused-ring (bicyclic) bond motifs is 1. The Balaban J connectivity index is 1.62. The Morgan fingerprint density at radius 2 is 2.19 bits per heavy atom. The SMILES string of the molecule is COC(=O)C1(COC(C)=O)CS[C@@H]2C(NC(=O)Cc3cccs3)C(=O)N2C1. The normalized spacial score (nSPS) is 26.6. The van der Waals surface area contributed by atoms with Crippen molar-refractivity contribution in [2.45, 2.75) is 24.8 Å². The van der Waals surface area contributed by atoms with Gasteiger partial charge in [-0.2, -0.15) is 0 Å². The first kappa shape index (κ1) is 19.7. The topological polar surface area (TPSA) is 102 Å². The predicted molar refractivity (Wildman–Crippen MR) is 99.0 cm³/mol. The first-order valence-electron chi connectivity index (χ1n) is 8.32. The van der Waals surface area contributed by atoms with Gasteiger partial charge in [0.2, 0.25) is 11.8 Å². The van der Waals surface area contributed by atoms with E-state index < -0.39 is 23.4 Å². The number of carbonyl (C=O) groups excluding carboxylic acids is 4. The number of methoxy groups -OCH3 is 1. The summed E-state index contributed by atoms with van der Waals surface area (Å²) in [6.07, 6.45) is 0.234. The minimum absolute atomic E-state index is 0.0980. The Hall–Kier alpha value is -2.07. The molecule has 0 aromatic carbocycles. The number of carbonyl (C=O) groups is 4. The van der Waals surface area contributed by atoms with Crippen LogP contribution in [-0.4, -0.2) is 66.1 Å². The van der Waals surface area contributed by atoms with Crippen molar-refractivity contribution < 1.29 is 28.7 Å². The Bertz CT molecular complexity index is 753. The summed E-state index contributed by atoms with van der Waals surface area (Å²) in [5.41, 5.74) is -1.09. The number of thioether (sulfide) groups is 1. The molecule has 3 rings (SSSR count). The molecule has 8 nitrogen and oxygen atoms in total. The zero-order valence-corrected chi connectivity index (χ0v) is 16.6. The van der Waals surface area contributed by atoms with E-state index in [0.29, 0.717) is 5.75 Å². The molecular formula is C17H20N2O6S2. The standard InChI is InChI=1S/C17H20N2O6S2/c1-10(20)25-8-17(16(23)24-2)7-19-14(22)13(15(19)27-9-17)18-12(21)6-11-4-3-5-26-11/h3-5,13,15H,6-9H2,1-2H3,(H,18,21)/t13?,15-,17?/m1/s1. The lowest BCUT2D eigenvalue weighted by molar-refractivity contribution is -0.167. The third-order valence-corrected chi connectivity index (χ3v) is 7.01. The third kappa shape index (κ3) is 3.96. The fraction of sp³-hybridized carbons (Fsp3) is 0.529. The van der Waals surface area contributed by atoms with Gasteiger partial charge in [0.15, 0.2) is 0 Å². The lowest BCUT2D eigenvalue weighted by atomic mass is 9.88. The van der Waals surface area contributed by atoms with Gasteiger partial charge in [0, 0.05) is 24.1 Å². The van der Waals surface area contributed by atoms with Crippen molar-refractivity contribution in [3.05, 3.63) is 22.4 Å². The van der Waals surface area contributed by atoms with Gasteiger partial charge in [-0.15, -0.1) is 23.1 Å². The van der Waals surface area contributed by atoms with Crippen LogP contribution in [0.4, 0.5) is 0 Å². The van der Waals surface area contributed by atoms with E-state index in [1.165, 1.54) is 42.0 Å². The fourth-order valence-electron chi connectivity index (χ4n) is 3.15. The van der Waals surface area contributed by atoms with Crippen molar-refractivity contribution >= 4 is 46.9 Å². The summed E-state index contributed by atoms with van der Waals surface area (Å²) < 4.78 is 9.91. The molecule has 1 N–H and O–H groups in total. The third-order valence-electron chi connectivity index (χ3n) is 4.55. The van der Waals surface area contributed by atoms with Gasteiger partial charge in [-0.05, 0) is 11.4 Å². The molecule has 1 aromatic rings. The smallest absolute Gasteiger partial charge is 0.317 e. The fourth-order valence-corrected chi connectivity index (χ4v) is 5.37. The molecule has 27 heavy (non-hydrogen) atoms. The maximum Gasteiger partial charge on any atom is 0.317 e. The first-order valence-corrected chi connectivity index (χ1v) is 10.2. The highest BCUT2D eigenvalue weighted by atomic mass is 32.2. The average Bonchev–Trinajstić information content (AvgIpc) is 3.16. The highest BCUT2D eigenvalue weighted by Gasteiger charge is 2.58. The molecular weight excluding hydrogens is 392 g/mol. The molecule has 10 heteroatoms. The number of thiophene rings is 1. The van der Waals surface area contributed by atoms with Crippen LogP contribution in [0.1, 0.15) is 11.8 Å². The van der Waals surface area contributed by atoms with Crippen molar-refractivity contribution in [3.63, 3.8) is 0 Å². The number of esters is 2. The number of amides is 2. The first-order chi connectivity index (χ1) is 12.9. The Morgan fingerprint density at radius 1 is 1.41 bits per heavy atom. The van der Waals surface area contributed by atoms with Gasteiger partial charge in [0.1, 0.15) is 23.4 Å². The van der Waals surface area contributed by atoms with E-state index in [2.05, 4.69) is 5.32 Å². The van der Waals surface area contributed by atoms with Crippen LogP contribution < -0.4 is 5.32 Å². The van der Waals surface area contributed by atoms with E-state index in [1.807, 2.05) is 17.5 Å². The molecule has 0 radical (unpaired) electrons. The van der Waals surface area contributed by atoms with Gasteiger partial charge in [0.05, 0.1) is 13.5 Å². The zero-order valence-electron chi connectivity index (χ0n) is 14.9. The second-order valence-corrected chi connectivity index (χ2v) is 8.66. The summed E-state index contributed by atoms with van der Waals surface area (Å²) in [7, 11) is 1.26. The molecule has 146 valence electrons. The quantitative estimate of drug-likeness (QED) is 0.533. The number of ether oxygens (including phenoxy) is 2. The van der Waals surface area contributed by atoms with Crippen molar-refractivity contribution in [1.82, 2.24) is 10.2 Å².